The Kier molecular flexibility index (Phi) is 58.9. The minimum atomic E-state index is -1.19. The zero-order valence-electron chi connectivity index (χ0n) is 8.03. The smallest absolute Gasteiger partial charge is 0.329 e. The fourth-order valence-electron chi connectivity index (χ4n) is 0. The number of carboxylic acid groups (broad SMARTS) is 3. The van der Waals surface area contributed by atoms with Crippen LogP contribution in [-0.2, 0) is 14.4 Å². The molecule has 0 saturated carbocycles. The van der Waals surface area contributed by atoms with Gasteiger partial charge in [0.05, 0.1) is 0 Å². The van der Waals surface area contributed by atoms with Gasteiger partial charge in [-0.15, -0.1) is 0 Å². The highest BCUT2D eigenvalue weighted by atomic mass is 16.4. The molecule has 0 bridgehead atoms. The summed E-state index contributed by atoms with van der Waals surface area (Å²) in [5.41, 5.74) is 0. The fraction of sp³-hybridized carbons (Fsp3) is 0.625. The van der Waals surface area contributed by atoms with E-state index in [0.717, 1.165) is 0 Å². The number of aliphatic hydroxyl groups is 3. The van der Waals surface area contributed by atoms with Crippen LogP contribution in [0.15, 0.2) is 0 Å². The lowest BCUT2D eigenvalue weighted by Crippen LogP contribution is -1.98. The molecule has 0 aromatic rings. The monoisotopic (exact) mass is 278 g/mol. The van der Waals surface area contributed by atoms with Gasteiger partial charge in [-0.05, 0) is 0 Å². The van der Waals surface area contributed by atoms with E-state index in [9.17, 15) is 0 Å². The van der Waals surface area contributed by atoms with Crippen molar-refractivity contribution >= 4 is 17.9 Å². The maximum atomic E-state index is 9.12. The zero-order chi connectivity index (χ0) is 12.9. The van der Waals surface area contributed by atoms with Crippen LogP contribution in [0.3, 0.4) is 0 Å². The van der Waals surface area contributed by atoms with Crippen molar-refractivity contribution in [1.29, 1.82) is 0 Å². The van der Waals surface area contributed by atoms with Crippen molar-refractivity contribution in [1.82, 2.24) is 0 Å². The van der Waals surface area contributed by atoms with Gasteiger partial charge in [0.15, 0.2) is 0 Å². The lowest BCUT2D eigenvalue weighted by Gasteiger charge is -1.72. The summed E-state index contributed by atoms with van der Waals surface area (Å²) in [5, 5.41) is 45.0. The molecule has 0 unspecified atom stereocenters. The van der Waals surface area contributed by atoms with Gasteiger partial charge in [-0.3, -0.25) is 0 Å². The van der Waals surface area contributed by atoms with Crippen LogP contribution < -0.4 is 0 Å². The molecule has 0 radical (unpaired) electrons. The normalized spacial score (nSPS) is 6.17. The van der Waals surface area contributed by atoms with E-state index in [0.29, 0.717) is 0 Å². The number of carboxylic acids is 3. The number of aliphatic carboxylic acids is 3. The van der Waals surface area contributed by atoms with Crippen LogP contribution in [0, 0.1) is 0 Å². The summed E-state index contributed by atoms with van der Waals surface area (Å²) in [4.78, 5) is 27.4. The van der Waals surface area contributed by atoms with Gasteiger partial charge in [-0.1, -0.05) is 14.9 Å². The molecule has 0 rings (SSSR count). The Hall–Kier alpha value is -1.75. The maximum Gasteiger partial charge on any atom is 0.329 e. The third kappa shape index (κ3) is 139. The molecular weight excluding hydrogens is 256 g/mol. The van der Waals surface area contributed by atoms with Crippen LogP contribution in [0.1, 0.15) is 14.9 Å². The number of rotatable bonds is 3. The van der Waals surface area contributed by atoms with Gasteiger partial charge in [0.25, 0.3) is 0 Å². The summed E-state index contributed by atoms with van der Waals surface area (Å²) >= 11 is 0. The molecule has 0 aromatic carbocycles. The van der Waals surface area contributed by atoms with Crippen molar-refractivity contribution in [2.75, 3.05) is 19.8 Å². The largest absolute Gasteiger partial charge is 0.480 e. The van der Waals surface area contributed by atoms with Gasteiger partial charge in [0.2, 0.25) is 0 Å². The Morgan fingerprint density at radius 1 is 0.611 bits per heavy atom. The number of aliphatic hydroxyl groups excluding tert-OH is 3. The minimum Gasteiger partial charge on any atom is -0.480 e. The van der Waals surface area contributed by atoms with Crippen LogP contribution >= 0.6 is 0 Å². The summed E-state index contributed by atoms with van der Waals surface area (Å²) in [7, 11) is 0. The molecular formula is C8H22O10. The van der Waals surface area contributed by atoms with Crippen molar-refractivity contribution in [3.63, 3.8) is 0 Å². The Labute approximate surface area is 104 Å². The molecule has 0 heterocycles. The second-order valence-electron chi connectivity index (χ2n) is 1.66. The number of carbonyl (C=O) groups is 3. The maximum absolute atomic E-state index is 9.12. The molecule has 0 aromatic heterocycles. The van der Waals surface area contributed by atoms with E-state index in [1.165, 1.54) is 0 Å². The van der Waals surface area contributed by atoms with Crippen LogP contribution in [0.25, 0.3) is 0 Å². The predicted octanol–water partition coefficient (Wildman–Crippen LogP) is -2.36. The minimum absolute atomic E-state index is 0. The summed E-state index contributed by atoms with van der Waals surface area (Å²) < 4.78 is 0. The molecule has 8 N–H and O–H groups in total. The molecule has 10 nitrogen and oxygen atoms in total. The third-order valence-corrected chi connectivity index (χ3v) is 0.406. The van der Waals surface area contributed by atoms with Crippen molar-refractivity contribution in [2.24, 2.45) is 0 Å². The van der Waals surface area contributed by atoms with E-state index in [1.807, 2.05) is 0 Å². The molecule has 0 saturated heterocycles. The molecule has 10 heteroatoms. The zero-order valence-corrected chi connectivity index (χ0v) is 8.03. The van der Waals surface area contributed by atoms with Gasteiger partial charge in [0.1, 0.15) is 19.8 Å². The molecule has 0 spiro atoms. The predicted molar refractivity (Wildman–Crippen MR) is 61.2 cm³/mol. The van der Waals surface area contributed by atoms with Crippen molar-refractivity contribution in [2.45, 2.75) is 14.9 Å². The highest BCUT2D eigenvalue weighted by molar-refractivity contribution is 5.68. The Bertz CT molecular complexity index is 157. The van der Waals surface area contributed by atoms with Gasteiger partial charge < -0.3 is 36.1 Å². The van der Waals surface area contributed by atoms with Gasteiger partial charge in [0, 0.05) is 0 Å². The van der Waals surface area contributed by atoms with Crippen LogP contribution in [0.2, 0.25) is 0 Å². The van der Waals surface area contributed by atoms with Crippen molar-refractivity contribution in [3.8, 4) is 0 Å². The van der Waals surface area contributed by atoms with Gasteiger partial charge in [-0.25, -0.2) is 14.4 Å². The van der Waals surface area contributed by atoms with Crippen LogP contribution in [0.4, 0.5) is 0 Å². The van der Waals surface area contributed by atoms with E-state index in [-0.39, 0.29) is 20.3 Å². The van der Waals surface area contributed by atoms with Crippen LogP contribution in [-0.4, -0.2) is 73.8 Å². The highest BCUT2D eigenvalue weighted by Crippen LogP contribution is 1.49. The first kappa shape index (κ1) is 36.0. The molecule has 0 aliphatic rings. The first-order chi connectivity index (χ1) is 6.81. The summed E-state index contributed by atoms with van der Waals surface area (Å²) in [5.74, 6) is -3.57. The number of hydrogen-bond donors (Lipinski definition) is 6. The van der Waals surface area contributed by atoms with E-state index < -0.39 is 37.7 Å². The van der Waals surface area contributed by atoms with Crippen molar-refractivity contribution < 1.29 is 50.5 Å². The average Bonchev–Trinajstić information content (AvgIpc) is 2.19. The molecule has 0 fully saturated rings. The van der Waals surface area contributed by atoms with E-state index in [1.54, 1.807) is 0 Å². The summed E-state index contributed by atoms with van der Waals surface area (Å²) in [6.45, 7) is -2.33. The Morgan fingerprint density at radius 2 is 0.667 bits per heavy atom. The summed E-state index contributed by atoms with van der Waals surface area (Å²) in [6.07, 6.45) is 0. The lowest BCUT2D eigenvalue weighted by atomic mass is 10.8. The molecule has 114 valence electrons. The molecule has 0 aliphatic carbocycles. The molecule has 0 atom stereocenters. The van der Waals surface area contributed by atoms with Gasteiger partial charge in [-0.2, -0.15) is 0 Å². The first-order valence-corrected chi connectivity index (χ1v) is 3.29. The van der Waals surface area contributed by atoms with Crippen molar-refractivity contribution in [3.05, 3.63) is 0 Å². The van der Waals surface area contributed by atoms with Crippen LogP contribution in [0.5, 0.6) is 0 Å². The standard InChI is InChI=1S/3C2H4O3.2CH4.H2O/c3*3-1-2(4)5;;;/h3*3H,1H2,(H,4,5);2*1H4;1H2. The molecule has 18 heavy (non-hydrogen) atoms. The first-order valence-electron chi connectivity index (χ1n) is 3.29. The quantitative estimate of drug-likeness (QED) is 0.326. The van der Waals surface area contributed by atoms with E-state index in [4.69, 9.17) is 45.0 Å². The Balaban J connectivity index is -0.0000000277. The van der Waals surface area contributed by atoms with E-state index >= 15 is 0 Å². The fourth-order valence-corrected chi connectivity index (χ4v) is 0. The van der Waals surface area contributed by atoms with E-state index in [2.05, 4.69) is 0 Å². The molecule has 0 aliphatic heterocycles. The second-order valence-corrected chi connectivity index (χ2v) is 1.66. The van der Waals surface area contributed by atoms with Gasteiger partial charge >= 0.3 is 17.9 Å². The average molecular weight is 278 g/mol. The number of hydrogen-bond acceptors (Lipinski definition) is 6. The third-order valence-electron chi connectivity index (χ3n) is 0.406. The Morgan fingerprint density at radius 3 is 0.667 bits per heavy atom. The summed E-state index contributed by atoms with van der Waals surface area (Å²) in [6, 6.07) is 0. The molecule has 0 amide bonds. The lowest BCUT2D eigenvalue weighted by molar-refractivity contribution is -0.141. The highest BCUT2D eigenvalue weighted by Gasteiger charge is 1.83. The second kappa shape index (κ2) is 29.5. The topological polar surface area (TPSA) is 204 Å². The SMILES string of the molecule is C.C.O.O=C(O)CO.O=C(O)CO.O=C(O)CO.